The summed E-state index contributed by atoms with van der Waals surface area (Å²) in [6.45, 7) is 3.47. The molecular weight excluding hydrogens is 456 g/mol. The number of hydrogen-bond acceptors (Lipinski definition) is 4. The molecular formula is C27H36F4N4. The molecule has 3 saturated heterocycles. The molecule has 0 N–H and O–H groups in total. The second-order valence-corrected chi connectivity index (χ2v) is 10.4. The van der Waals surface area contributed by atoms with Gasteiger partial charge in [0.1, 0.15) is 17.1 Å². The number of benzene rings is 2. The Labute approximate surface area is 205 Å². The van der Waals surface area contributed by atoms with Gasteiger partial charge in [-0.05, 0) is 57.8 Å². The molecule has 2 aromatic carbocycles. The van der Waals surface area contributed by atoms with Crippen LogP contribution in [0.2, 0.25) is 0 Å². The van der Waals surface area contributed by atoms with Crippen LogP contribution >= 0.6 is 0 Å². The Kier molecular flexibility index (Phi) is 6.91. The highest BCUT2D eigenvalue weighted by Crippen LogP contribution is 2.49. The maximum absolute atomic E-state index is 16.5. The van der Waals surface area contributed by atoms with E-state index in [1.807, 2.05) is 9.80 Å². The summed E-state index contributed by atoms with van der Waals surface area (Å²) < 4.78 is 65.5. The predicted molar refractivity (Wildman–Crippen MR) is 136 cm³/mol. The fraction of sp³-hybridized carbons (Fsp3) is 0.630. The van der Waals surface area contributed by atoms with Crippen LogP contribution in [-0.2, 0) is 0 Å². The van der Waals surface area contributed by atoms with Crippen LogP contribution in [0.1, 0.15) is 57.8 Å². The summed E-state index contributed by atoms with van der Waals surface area (Å²) in [6.07, 6.45) is 8.26. The van der Waals surface area contributed by atoms with Gasteiger partial charge >= 0.3 is 0 Å². The van der Waals surface area contributed by atoms with E-state index in [0.29, 0.717) is 39.3 Å². The van der Waals surface area contributed by atoms with E-state index in [1.165, 1.54) is 4.90 Å². The smallest absolute Gasteiger partial charge is 0.159 e. The minimum absolute atomic E-state index is 0.00878. The number of anilines is 4. The van der Waals surface area contributed by atoms with Gasteiger partial charge in [-0.2, -0.15) is 0 Å². The lowest BCUT2D eigenvalue weighted by molar-refractivity contribution is 0.529. The Morgan fingerprint density at radius 1 is 0.457 bits per heavy atom. The van der Waals surface area contributed by atoms with Crippen LogP contribution < -0.4 is 19.6 Å². The summed E-state index contributed by atoms with van der Waals surface area (Å²) in [6, 6.07) is 0. The van der Waals surface area contributed by atoms with Crippen molar-refractivity contribution >= 4 is 33.5 Å². The predicted octanol–water partition coefficient (Wildman–Crippen LogP) is 6.43. The van der Waals surface area contributed by atoms with Crippen LogP contribution in [0, 0.1) is 23.3 Å². The standard InChI is InChI=1S/C27H36F4N4/c1-32(2)24-20(28)18-19(21(29)25(24)33-12-6-3-7-13-33)23(31)27(35-16-10-5-11-17-35)26(22(18)30)34-14-8-4-9-15-34/h3-17H2,1-2H3. The molecule has 2 aromatic rings. The Balaban J connectivity index is 1.83. The highest BCUT2D eigenvalue weighted by atomic mass is 19.1. The number of piperidine rings is 3. The third-order valence-electron chi connectivity index (χ3n) is 7.87. The maximum atomic E-state index is 16.5. The van der Waals surface area contributed by atoms with Gasteiger partial charge in [0, 0.05) is 53.4 Å². The van der Waals surface area contributed by atoms with Crippen molar-refractivity contribution in [3.05, 3.63) is 23.3 Å². The number of nitrogens with zero attached hydrogens (tertiary/aromatic N) is 4. The molecule has 192 valence electrons. The molecule has 4 nitrogen and oxygen atoms in total. The van der Waals surface area contributed by atoms with Gasteiger partial charge in [0.25, 0.3) is 0 Å². The average Bonchev–Trinajstić information content (AvgIpc) is 2.88. The maximum Gasteiger partial charge on any atom is 0.159 e. The first-order chi connectivity index (χ1) is 16.9. The summed E-state index contributed by atoms with van der Waals surface area (Å²) in [4.78, 5) is 6.98. The summed E-state index contributed by atoms with van der Waals surface area (Å²) in [7, 11) is 3.25. The molecule has 0 atom stereocenters. The minimum Gasteiger partial charge on any atom is -0.374 e. The summed E-state index contributed by atoms with van der Waals surface area (Å²) in [5.74, 6) is -3.41. The van der Waals surface area contributed by atoms with E-state index in [0.717, 1.165) is 57.8 Å². The number of halogens is 4. The zero-order valence-electron chi connectivity index (χ0n) is 20.9. The van der Waals surface area contributed by atoms with Gasteiger partial charge in [0.2, 0.25) is 0 Å². The Hall–Kier alpha value is -2.38. The number of fused-ring (bicyclic) bond motifs is 1. The zero-order chi connectivity index (χ0) is 24.7. The largest absolute Gasteiger partial charge is 0.374 e. The van der Waals surface area contributed by atoms with E-state index in [1.54, 1.807) is 19.0 Å². The third-order valence-corrected chi connectivity index (χ3v) is 7.87. The zero-order valence-corrected chi connectivity index (χ0v) is 20.9. The molecule has 0 spiro atoms. The van der Waals surface area contributed by atoms with Gasteiger partial charge in [0.15, 0.2) is 23.3 Å². The summed E-state index contributed by atoms with van der Waals surface area (Å²) in [5, 5.41) is -1.11. The Morgan fingerprint density at radius 2 is 0.771 bits per heavy atom. The van der Waals surface area contributed by atoms with Crippen molar-refractivity contribution in [2.75, 3.05) is 73.0 Å². The summed E-state index contributed by atoms with van der Waals surface area (Å²) >= 11 is 0. The van der Waals surface area contributed by atoms with Gasteiger partial charge in [-0.15, -0.1) is 0 Å². The van der Waals surface area contributed by atoms with Gasteiger partial charge < -0.3 is 19.6 Å². The molecule has 0 amide bonds. The second kappa shape index (κ2) is 9.94. The molecule has 0 aliphatic carbocycles. The topological polar surface area (TPSA) is 13.0 Å². The van der Waals surface area contributed by atoms with Crippen molar-refractivity contribution in [2.45, 2.75) is 57.8 Å². The van der Waals surface area contributed by atoms with Crippen LogP contribution in [-0.4, -0.2) is 53.4 Å². The van der Waals surface area contributed by atoms with E-state index in [9.17, 15) is 0 Å². The Morgan fingerprint density at radius 3 is 1.14 bits per heavy atom. The van der Waals surface area contributed by atoms with Gasteiger partial charge in [-0.25, -0.2) is 17.6 Å². The molecule has 3 heterocycles. The monoisotopic (exact) mass is 492 g/mol. The molecule has 0 aromatic heterocycles. The average molecular weight is 493 g/mol. The second-order valence-electron chi connectivity index (χ2n) is 10.4. The molecule has 0 saturated carbocycles. The van der Waals surface area contributed by atoms with Gasteiger partial charge in [-0.1, -0.05) is 0 Å². The highest BCUT2D eigenvalue weighted by Gasteiger charge is 2.36. The third kappa shape index (κ3) is 4.16. The van der Waals surface area contributed by atoms with E-state index < -0.39 is 34.0 Å². The van der Waals surface area contributed by atoms with Crippen LogP contribution in [0.25, 0.3) is 10.8 Å². The molecule has 0 bridgehead atoms. The van der Waals surface area contributed by atoms with E-state index in [-0.39, 0.29) is 22.7 Å². The molecule has 0 unspecified atom stereocenters. The van der Waals surface area contributed by atoms with Crippen molar-refractivity contribution in [1.29, 1.82) is 0 Å². The lowest BCUT2D eigenvalue weighted by Gasteiger charge is -2.38. The van der Waals surface area contributed by atoms with Crippen LogP contribution in [0.4, 0.5) is 40.3 Å². The number of hydrogen-bond donors (Lipinski definition) is 0. The van der Waals surface area contributed by atoms with Crippen LogP contribution in [0.3, 0.4) is 0 Å². The van der Waals surface area contributed by atoms with Gasteiger partial charge in [0.05, 0.1) is 16.5 Å². The van der Waals surface area contributed by atoms with Crippen molar-refractivity contribution in [3.63, 3.8) is 0 Å². The summed E-state index contributed by atoms with van der Waals surface area (Å²) in [5.41, 5.74) is 0.251. The molecule has 5 rings (SSSR count). The SMILES string of the molecule is CN(C)c1c(N2CCCCC2)c(F)c2c(F)c(N3CCCCC3)c(N3CCCCC3)c(F)c2c1F. The van der Waals surface area contributed by atoms with Crippen molar-refractivity contribution in [3.8, 4) is 0 Å². The molecule has 3 fully saturated rings. The first-order valence-electron chi connectivity index (χ1n) is 13.2. The van der Waals surface area contributed by atoms with Crippen molar-refractivity contribution in [2.24, 2.45) is 0 Å². The van der Waals surface area contributed by atoms with Crippen molar-refractivity contribution in [1.82, 2.24) is 0 Å². The molecule has 3 aliphatic heterocycles. The fourth-order valence-corrected chi connectivity index (χ4v) is 6.15. The van der Waals surface area contributed by atoms with Crippen LogP contribution in [0.15, 0.2) is 0 Å². The fourth-order valence-electron chi connectivity index (χ4n) is 6.15. The lowest BCUT2D eigenvalue weighted by atomic mass is 9.97. The Bertz CT molecular complexity index is 1090. The quantitative estimate of drug-likeness (QED) is 0.456. The number of rotatable bonds is 4. The first-order valence-corrected chi connectivity index (χ1v) is 13.2. The molecule has 0 radical (unpaired) electrons. The van der Waals surface area contributed by atoms with Crippen LogP contribution in [0.5, 0.6) is 0 Å². The first kappa shape index (κ1) is 24.3. The normalized spacial score (nSPS) is 19.5. The van der Waals surface area contributed by atoms with E-state index in [2.05, 4.69) is 0 Å². The van der Waals surface area contributed by atoms with E-state index in [4.69, 9.17) is 0 Å². The molecule has 35 heavy (non-hydrogen) atoms. The molecule has 3 aliphatic rings. The lowest BCUT2D eigenvalue weighted by Crippen LogP contribution is -2.36. The minimum atomic E-state index is -0.883. The molecule has 8 heteroatoms. The van der Waals surface area contributed by atoms with Crippen molar-refractivity contribution < 1.29 is 17.6 Å². The van der Waals surface area contributed by atoms with Gasteiger partial charge in [-0.3, -0.25) is 0 Å². The highest BCUT2D eigenvalue weighted by molar-refractivity contribution is 6.01. The van der Waals surface area contributed by atoms with E-state index >= 15 is 17.6 Å².